The Hall–Kier alpha value is -0.870. The molecule has 0 aliphatic heterocycles. The lowest BCUT2D eigenvalue weighted by molar-refractivity contribution is -0.123. The highest BCUT2D eigenvalue weighted by Crippen LogP contribution is 1.99. The second-order valence-corrected chi connectivity index (χ2v) is 4.35. The molecule has 0 radical (unpaired) electrons. The van der Waals surface area contributed by atoms with Gasteiger partial charge in [0.1, 0.15) is 0 Å². The topological polar surface area (TPSA) is 52.6 Å². The summed E-state index contributed by atoms with van der Waals surface area (Å²) in [4.78, 5) is 13.5. The van der Waals surface area contributed by atoms with Gasteiger partial charge in [-0.15, -0.1) is 6.58 Å². The van der Waals surface area contributed by atoms with Gasteiger partial charge >= 0.3 is 0 Å². The summed E-state index contributed by atoms with van der Waals surface area (Å²) in [6.07, 6.45) is 1.73. The number of rotatable bonds is 8. The minimum atomic E-state index is -0.00324. The summed E-state index contributed by atoms with van der Waals surface area (Å²) in [5.41, 5.74) is 0. The van der Waals surface area contributed by atoms with Crippen LogP contribution in [0, 0.1) is 5.92 Å². The van der Waals surface area contributed by atoms with E-state index in [0.717, 1.165) is 0 Å². The molecular weight excluding hydrogens is 204 g/mol. The second kappa shape index (κ2) is 8.30. The fourth-order valence-electron chi connectivity index (χ4n) is 1.23. The number of hydrogen-bond donors (Lipinski definition) is 2. The molecule has 0 fully saturated rings. The molecule has 1 atom stereocenters. The van der Waals surface area contributed by atoms with Crippen molar-refractivity contribution in [3.63, 3.8) is 0 Å². The third kappa shape index (κ3) is 6.58. The molecule has 4 nitrogen and oxygen atoms in total. The van der Waals surface area contributed by atoms with Gasteiger partial charge in [-0.25, -0.2) is 0 Å². The fraction of sp³-hybridized carbons (Fsp3) is 0.750. The number of amides is 1. The molecule has 1 unspecified atom stereocenters. The molecule has 94 valence electrons. The Morgan fingerprint density at radius 2 is 2.12 bits per heavy atom. The maximum Gasteiger partial charge on any atom is 0.234 e. The maximum absolute atomic E-state index is 11.6. The predicted molar refractivity (Wildman–Crippen MR) is 66.2 cm³/mol. The van der Waals surface area contributed by atoms with E-state index in [1.54, 1.807) is 6.08 Å². The lowest BCUT2D eigenvalue weighted by Crippen LogP contribution is -2.43. The first kappa shape index (κ1) is 15.1. The van der Waals surface area contributed by atoms with Crippen LogP contribution < -0.4 is 5.32 Å². The van der Waals surface area contributed by atoms with Gasteiger partial charge in [-0.3, -0.25) is 9.69 Å². The first-order chi connectivity index (χ1) is 7.51. The minimum Gasteiger partial charge on any atom is -0.395 e. The van der Waals surface area contributed by atoms with E-state index in [1.807, 2.05) is 11.8 Å². The summed E-state index contributed by atoms with van der Waals surface area (Å²) < 4.78 is 0. The van der Waals surface area contributed by atoms with E-state index in [2.05, 4.69) is 25.7 Å². The molecule has 0 aliphatic carbocycles. The molecule has 2 N–H and O–H groups in total. The molecule has 4 heteroatoms. The van der Waals surface area contributed by atoms with E-state index in [4.69, 9.17) is 5.11 Å². The number of aliphatic hydroxyl groups excluding tert-OH is 1. The van der Waals surface area contributed by atoms with Gasteiger partial charge in [-0.05, 0) is 12.8 Å². The van der Waals surface area contributed by atoms with Crippen LogP contribution in [0.2, 0.25) is 0 Å². The molecule has 0 saturated heterocycles. The van der Waals surface area contributed by atoms with Crippen molar-refractivity contribution in [3.8, 4) is 0 Å². The molecule has 0 aromatic carbocycles. The Morgan fingerprint density at radius 3 is 2.56 bits per heavy atom. The van der Waals surface area contributed by atoms with Crippen LogP contribution in [0.15, 0.2) is 12.7 Å². The van der Waals surface area contributed by atoms with E-state index in [1.165, 1.54) is 0 Å². The number of aliphatic hydroxyl groups is 1. The largest absolute Gasteiger partial charge is 0.395 e. The molecule has 16 heavy (non-hydrogen) atoms. The molecule has 1 amide bonds. The summed E-state index contributed by atoms with van der Waals surface area (Å²) in [7, 11) is 0. The first-order valence-electron chi connectivity index (χ1n) is 5.74. The van der Waals surface area contributed by atoms with Gasteiger partial charge in [0.05, 0.1) is 13.2 Å². The van der Waals surface area contributed by atoms with E-state index in [-0.39, 0.29) is 18.6 Å². The van der Waals surface area contributed by atoms with Crippen LogP contribution in [0.1, 0.15) is 20.8 Å². The highest BCUT2D eigenvalue weighted by atomic mass is 16.3. The molecule has 0 heterocycles. The summed E-state index contributed by atoms with van der Waals surface area (Å²) >= 11 is 0. The van der Waals surface area contributed by atoms with Gasteiger partial charge in [0.15, 0.2) is 0 Å². The molecule has 0 aromatic heterocycles. The molecule has 0 saturated carbocycles. The van der Waals surface area contributed by atoms with Gasteiger partial charge in [-0.2, -0.15) is 0 Å². The van der Waals surface area contributed by atoms with Crippen LogP contribution in [0.3, 0.4) is 0 Å². The van der Waals surface area contributed by atoms with E-state index in [9.17, 15) is 4.79 Å². The molecule has 0 rings (SSSR count). The summed E-state index contributed by atoms with van der Waals surface area (Å²) in [6.45, 7) is 11.2. The summed E-state index contributed by atoms with van der Waals surface area (Å²) in [5, 5.41) is 11.8. The lowest BCUT2D eigenvalue weighted by Gasteiger charge is -2.22. The number of nitrogens with zero attached hydrogens (tertiary/aromatic N) is 1. The second-order valence-electron chi connectivity index (χ2n) is 4.35. The van der Waals surface area contributed by atoms with Crippen molar-refractivity contribution < 1.29 is 9.90 Å². The van der Waals surface area contributed by atoms with Crippen LogP contribution >= 0.6 is 0 Å². The van der Waals surface area contributed by atoms with Crippen molar-refractivity contribution in [2.24, 2.45) is 5.92 Å². The van der Waals surface area contributed by atoms with Crippen molar-refractivity contribution in [1.29, 1.82) is 0 Å². The zero-order valence-electron chi connectivity index (χ0n) is 10.6. The number of hydrogen-bond acceptors (Lipinski definition) is 3. The predicted octanol–water partition coefficient (Wildman–Crippen LogP) is 0.627. The van der Waals surface area contributed by atoms with Crippen molar-refractivity contribution in [1.82, 2.24) is 10.2 Å². The van der Waals surface area contributed by atoms with Crippen molar-refractivity contribution in [2.75, 3.05) is 26.2 Å². The van der Waals surface area contributed by atoms with E-state index >= 15 is 0 Å². The van der Waals surface area contributed by atoms with E-state index < -0.39 is 0 Å². The third-order valence-electron chi connectivity index (χ3n) is 2.56. The van der Waals surface area contributed by atoms with Crippen molar-refractivity contribution >= 4 is 5.91 Å². The molecule has 0 bridgehead atoms. The Kier molecular flexibility index (Phi) is 7.85. The zero-order valence-corrected chi connectivity index (χ0v) is 10.6. The highest BCUT2D eigenvalue weighted by Gasteiger charge is 2.13. The average Bonchev–Trinajstić information content (AvgIpc) is 2.17. The minimum absolute atomic E-state index is 0.00324. The third-order valence-corrected chi connectivity index (χ3v) is 2.56. The first-order valence-corrected chi connectivity index (χ1v) is 5.74. The monoisotopic (exact) mass is 228 g/mol. The van der Waals surface area contributed by atoms with Gasteiger partial charge in [0, 0.05) is 19.1 Å². The fourth-order valence-corrected chi connectivity index (χ4v) is 1.23. The summed E-state index contributed by atoms with van der Waals surface area (Å²) in [5.74, 6) is 0.422. The SMILES string of the molecule is C=CCN(CCO)CC(=O)NC(C)C(C)C. The number of nitrogens with one attached hydrogen (secondary N) is 1. The van der Waals surface area contributed by atoms with Gasteiger partial charge in [-0.1, -0.05) is 19.9 Å². The van der Waals surface area contributed by atoms with Crippen molar-refractivity contribution in [3.05, 3.63) is 12.7 Å². The Labute approximate surface area is 98.3 Å². The van der Waals surface area contributed by atoms with Gasteiger partial charge < -0.3 is 10.4 Å². The van der Waals surface area contributed by atoms with Crippen LogP contribution in [-0.2, 0) is 4.79 Å². The normalized spacial score (nSPS) is 12.9. The Morgan fingerprint density at radius 1 is 1.50 bits per heavy atom. The number of carbonyl (C=O) groups is 1. The van der Waals surface area contributed by atoms with Gasteiger partial charge in [0.2, 0.25) is 5.91 Å². The van der Waals surface area contributed by atoms with Gasteiger partial charge in [0.25, 0.3) is 0 Å². The smallest absolute Gasteiger partial charge is 0.234 e. The molecular formula is C12H24N2O2. The van der Waals surface area contributed by atoms with Crippen molar-refractivity contribution in [2.45, 2.75) is 26.8 Å². The van der Waals surface area contributed by atoms with Crippen LogP contribution in [0.4, 0.5) is 0 Å². The lowest BCUT2D eigenvalue weighted by atomic mass is 10.1. The molecule has 0 aromatic rings. The Balaban J connectivity index is 4.03. The van der Waals surface area contributed by atoms with Crippen LogP contribution in [0.5, 0.6) is 0 Å². The summed E-state index contributed by atoms with van der Waals surface area (Å²) in [6, 6.07) is 0.173. The quantitative estimate of drug-likeness (QED) is 0.599. The average molecular weight is 228 g/mol. The van der Waals surface area contributed by atoms with Crippen LogP contribution in [-0.4, -0.2) is 48.2 Å². The Bertz CT molecular complexity index is 217. The standard InChI is InChI=1S/C12H24N2O2/c1-5-6-14(7-8-15)9-12(16)13-11(4)10(2)3/h5,10-11,15H,1,6-9H2,2-4H3,(H,13,16). The zero-order chi connectivity index (χ0) is 12.6. The highest BCUT2D eigenvalue weighted by molar-refractivity contribution is 5.78. The van der Waals surface area contributed by atoms with E-state index in [0.29, 0.717) is 25.6 Å². The van der Waals surface area contributed by atoms with Crippen LogP contribution in [0.25, 0.3) is 0 Å². The maximum atomic E-state index is 11.6. The number of carbonyl (C=O) groups excluding carboxylic acids is 1. The molecule has 0 aliphatic rings. The molecule has 0 spiro atoms.